The van der Waals surface area contributed by atoms with Crippen LogP contribution in [0.15, 0.2) is 24.5 Å². The summed E-state index contributed by atoms with van der Waals surface area (Å²) in [5, 5.41) is 0. The van der Waals surface area contributed by atoms with Crippen LogP contribution in [0.4, 0.5) is 0 Å². The Balaban J connectivity index is 0.000000160. The fraction of sp³-hybridized carbons (Fsp3) is 0.200. The van der Waals surface area contributed by atoms with Crippen molar-refractivity contribution in [2.24, 2.45) is 0 Å². The van der Waals surface area contributed by atoms with Crippen LogP contribution in [0, 0.1) is 23.3 Å². The summed E-state index contributed by atoms with van der Waals surface area (Å²) in [6.45, 7) is 3.81. The predicted molar refractivity (Wildman–Crippen MR) is 68.3 cm³/mol. The lowest BCUT2D eigenvalue weighted by atomic mass is 10.5. The first-order valence-electron chi connectivity index (χ1n) is 4.62. The first kappa shape index (κ1) is 12.7. The van der Waals surface area contributed by atoms with Crippen LogP contribution in [0.2, 0.25) is 0 Å². The van der Waals surface area contributed by atoms with Gasteiger partial charge in [0.1, 0.15) is 10.5 Å². The van der Waals surface area contributed by atoms with Gasteiger partial charge in [0.2, 0.25) is 0 Å². The molecule has 4 nitrogen and oxygen atoms in total. The summed E-state index contributed by atoms with van der Waals surface area (Å²) < 4.78 is 1.28. The standard InChI is InChI=1S/2C5H6N2S/c1-4-6-3-2-5(8)7-4;1-4-2-3-6-5(8)7-4/h2*2-3H,1H3,(H,6,7,8). The highest BCUT2D eigenvalue weighted by Gasteiger charge is 1.78. The number of nitrogens with zero attached hydrogens (tertiary/aromatic N) is 2. The third-order valence-electron chi connectivity index (χ3n) is 1.62. The molecule has 0 radical (unpaired) electrons. The van der Waals surface area contributed by atoms with Crippen molar-refractivity contribution in [3.05, 3.63) is 45.5 Å². The molecule has 0 aliphatic heterocycles. The zero-order chi connectivity index (χ0) is 12.0. The Hall–Kier alpha value is -1.40. The molecule has 6 heteroatoms. The molecular weight excluding hydrogens is 240 g/mol. The van der Waals surface area contributed by atoms with Crippen molar-refractivity contribution in [1.82, 2.24) is 19.9 Å². The Morgan fingerprint density at radius 1 is 1.00 bits per heavy atom. The molecule has 2 N–H and O–H groups in total. The molecule has 0 fully saturated rings. The number of aromatic amines is 2. The molecule has 0 unspecified atom stereocenters. The molecule has 0 aliphatic carbocycles. The highest BCUT2D eigenvalue weighted by Crippen LogP contribution is 1.86. The molecule has 0 aromatic carbocycles. The molecule has 2 heterocycles. The fourth-order valence-corrected chi connectivity index (χ4v) is 1.36. The third-order valence-corrected chi connectivity index (χ3v) is 2.06. The molecule has 2 rings (SSSR count). The molecule has 84 valence electrons. The number of aryl methyl sites for hydroxylation is 2. The largest absolute Gasteiger partial charge is 0.335 e. The van der Waals surface area contributed by atoms with Gasteiger partial charge in [-0.2, -0.15) is 0 Å². The number of nitrogens with one attached hydrogen (secondary N) is 2. The normalized spacial score (nSPS) is 9.12. The number of hydrogen-bond acceptors (Lipinski definition) is 4. The first-order valence-corrected chi connectivity index (χ1v) is 5.43. The fourth-order valence-electron chi connectivity index (χ4n) is 0.928. The molecule has 0 saturated carbocycles. The van der Waals surface area contributed by atoms with Gasteiger partial charge in [0.25, 0.3) is 0 Å². The van der Waals surface area contributed by atoms with E-state index >= 15 is 0 Å². The van der Waals surface area contributed by atoms with Crippen LogP contribution in [0.1, 0.15) is 11.5 Å². The third kappa shape index (κ3) is 4.90. The Bertz CT molecular complexity index is 507. The van der Waals surface area contributed by atoms with Crippen molar-refractivity contribution in [3.63, 3.8) is 0 Å². The van der Waals surface area contributed by atoms with Crippen LogP contribution < -0.4 is 0 Å². The Morgan fingerprint density at radius 2 is 1.69 bits per heavy atom. The Labute approximate surface area is 104 Å². The summed E-state index contributed by atoms with van der Waals surface area (Å²) in [6.07, 6.45) is 3.38. The molecule has 0 saturated heterocycles. The van der Waals surface area contributed by atoms with Gasteiger partial charge in [0.15, 0.2) is 4.77 Å². The van der Waals surface area contributed by atoms with Crippen LogP contribution in [-0.2, 0) is 0 Å². The maximum Gasteiger partial charge on any atom is 0.196 e. The van der Waals surface area contributed by atoms with Gasteiger partial charge in [-0.25, -0.2) is 9.97 Å². The minimum absolute atomic E-state index is 0.546. The molecule has 0 aliphatic rings. The van der Waals surface area contributed by atoms with Crippen LogP contribution in [0.3, 0.4) is 0 Å². The number of rotatable bonds is 0. The van der Waals surface area contributed by atoms with E-state index in [0.717, 1.165) is 16.2 Å². The van der Waals surface area contributed by atoms with Gasteiger partial charge in [-0.3, -0.25) is 0 Å². The lowest BCUT2D eigenvalue weighted by Gasteiger charge is -1.86. The van der Waals surface area contributed by atoms with Crippen molar-refractivity contribution in [2.75, 3.05) is 0 Å². The molecule has 16 heavy (non-hydrogen) atoms. The highest BCUT2D eigenvalue weighted by molar-refractivity contribution is 7.71. The summed E-state index contributed by atoms with van der Waals surface area (Å²) in [4.78, 5) is 13.5. The Kier molecular flexibility index (Phi) is 4.94. The molecule has 0 spiro atoms. The van der Waals surface area contributed by atoms with Gasteiger partial charge in [-0.05, 0) is 38.2 Å². The summed E-state index contributed by atoms with van der Waals surface area (Å²) in [5.74, 6) is 0.859. The summed E-state index contributed by atoms with van der Waals surface area (Å²) in [6, 6.07) is 3.62. The van der Waals surface area contributed by atoms with Gasteiger partial charge < -0.3 is 9.97 Å². The van der Waals surface area contributed by atoms with E-state index in [0.29, 0.717) is 4.77 Å². The van der Waals surface area contributed by atoms with Crippen LogP contribution in [-0.4, -0.2) is 19.9 Å². The van der Waals surface area contributed by atoms with E-state index in [1.165, 1.54) is 0 Å². The van der Waals surface area contributed by atoms with Gasteiger partial charge in [0.05, 0.1) is 0 Å². The maximum atomic E-state index is 4.80. The van der Waals surface area contributed by atoms with Crippen molar-refractivity contribution in [3.8, 4) is 0 Å². The molecule has 0 amide bonds. The second-order valence-electron chi connectivity index (χ2n) is 3.08. The van der Waals surface area contributed by atoms with E-state index in [2.05, 4.69) is 19.9 Å². The van der Waals surface area contributed by atoms with E-state index in [4.69, 9.17) is 24.4 Å². The zero-order valence-corrected chi connectivity index (χ0v) is 10.7. The van der Waals surface area contributed by atoms with Gasteiger partial charge in [-0.1, -0.05) is 12.2 Å². The average Bonchev–Trinajstić information content (AvgIpc) is 2.17. The quantitative estimate of drug-likeness (QED) is 0.708. The van der Waals surface area contributed by atoms with Gasteiger partial charge in [-0.15, -0.1) is 0 Å². The second kappa shape index (κ2) is 6.24. The van der Waals surface area contributed by atoms with Crippen molar-refractivity contribution < 1.29 is 0 Å². The second-order valence-corrected chi connectivity index (χ2v) is 3.90. The van der Waals surface area contributed by atoms with Crippen molar-refractivity contribution in [2.45, 2.75) is 13.8 Å². The summed E-state index contributed by atoms with van der Waals surface area (Å²) >= 11 is 9.54. The SMILES string of the molecule is Cc1ccnc(=S)[nH]1.Cc1nccc(=S)[nH]1. The van der Waals surface area contributed by atoms with E-state index in [9.17, 15) is 0 Å². The maximum absolute atomic E-state index is 4.80. The lowest BCUT2D eigenvalue weighted by Crippen LogP contribution is -1.82. The van der Waals surface area contributed by atoms with Crippen LogP contribution >= 0.6 is 24.4 Å². The smallest absolute Gasteiger partial charge is 0.196 e. The number of H-pyrrole nitrogens is 2. The average molecular weight is 252 g/mol. The number of hydrogen-bond donors (Lipinski definition) is 2. The number of aromatic nitrogens is 4. The van der Waals surface area contributed by atoms with E-state index in [1.54, 1.807) is 18.5 Å². The van der Waals surface area contributed by atoms with Crippen LogP contribution in [0.5, 0.6) is 0 Å². The summed E-state index contributed by atoms with van der Waals surface area (Å²) in [7, 11) is 0. The Morgan fingerprint density at radius 3 is 2.06 bits per heavy atom. The van der Waals surface area contributed by atoms with Gasteiger partial charge >= 0.3 is 0 Å². The highest BCUT2D eigenvalue weighted by atomic mass is 32.1. The molecular formula is C10H12N4S2. The molecule has 2 aromatic heterocycles. The minimum atomic E-state index is 0.546. The minimum Gasteiger partial charge on any atom is -0.335 e. The van der Waals surface area contributed by atoms with Crippen LogP contribution in [0.25, 0.3) is 0 Å². The topological polar surface area (TPSA) is 57.4 Å². The lowest BCUT2D eigenvalue weighted by molar-refractivity contribution is 1.04. The van der Waals surface area contributed by atoms with E-state index in [1.807, 2.05) is 19.9 Å². The first-order chi connectivity index (χ1) is 7.58. The molecule has 0 bridgehead atoms. The predicted octanol–water partition coefficient (Wildman–Crippen LogP) is 2.90. The van der Waals surface area contributed by atoms with E-state index in [-0.39, 0.29) is 0 Å². The van der Waals surface area contributed by atoms with Crippen molar-refractivity contribution >= 4 is 24.4 Å². The summed E-state index contributed by atoms with van der Waals surface area (Å²) in [5.41, 5.74) is 1.05. The van der Waals surface area contributed by atoms with E-state index < -0.39 is 0 Å². The molecule has 0 atom stereocenters. The van der Waals surface area contributed by atoms with Crippen molar-refractivity contribution in [1.29, 1.82) is 0 Å². The monoisotopic (exact) mass is 252 g/mol. The van der Waals surface area contributed by atoms with Gasteiger partial charge in [0, 0.05) is 18.1 Å². The molecule has 2 aromatic rings. The zero-order valence-electron chi connectivity index (χ0n) is 9.02.